The van der Waals surface area contributed by atoms with Crippen molar-refractivity contribution < 1.29 is 4.79 Å². The van der Waals surface area contributed by atoms with E-state index in [1.807, 2.05) is 13.0 Å². The number of carbonyl (C=O) groups excluding carboxylic acids is 1. The normalized spacial score (nSPS) is 10.1. The molecule has 0 atom stereocenters. The van der Waals surface area contributed by atoms with E-state index < -0.39 is 0 Å². The number of hydrogen-bond donors (Lipinski definition) is 2. The van der Waals surface area contributed by atoms with Gasteiger partial charge in [-0.1, -0.05) is 6.92 Å². The van der Waals surface area contributed by atoms with Gasteiger partial charge in [-0.15, -0.1) is 0 Å². The number of amides is 1. The summed E-state index contributed by atoms with van der Waals surface area (Å²) in [6, 6.07) is 3.55. The molecule has 0 radical (unpaired) electrons. The van der Waals surface area contributed by atoms with E-state index in [4.69, 9.17) is 0 Å². The van der Waals surface area contributed by atoms with Crippen molar-refractivity contribution in [1.82, 2.24) is 15.0 Å². The van der Waals surface area contributed by atoms with Gasteiger partial charge < -0.3 is 5.32 Å². The minimum Gasteiger partial charge on any atom is -0.384 e. The number of hydrogen-bond acceptors (Lipinski definition) is 5. The van der Waals surface area contributed by atoms with Gasteiger partial charge in [-0.25, -0.2) is 9.97 Å². The maximum atomic E-state index is 12.2. The van der Waals surface area contributed by atoms with Crippen molar-refractivity contribution in [1.29, 1.82) is 0 Å². The van der Waals surface area contributed by atoms with Gasteiger partial charge in [0, 0.05) is 30.8 Å². The summed E-state index contributed by atoms with van der Waals surface area (Å²) in [6.45, 7) is 4.75. The Kier molecular flexibility index (Phi) is 4.60. The molecule has 0 unspecified atom stereocenters. The zero-order valence-corrected chi connectivity index (χ0v) is 11.6. The lowest BCUT2D eigenvalue weighted by Crippen LogP contribution is -2.17. The SMILES string of the molecule is CCCNc1cc(C)ncc1C(=O)Nc1ncccn1. The highest BCUT2D eigenvalue weighted by Crippen LogP contribution is 2.16. The molecule has 104 valence electrons. The number of nitrogens with zero attached hydrogens (tertiary/aromatic N) is 3. The fourth-order valence-corrected chi connectivity index (χ4v) is 1.68. The molecule has 1 amide bonds. The zero-order chi connectivity index (χ0) is 14.4. The Balaban J connectivity index is 2.20. The van der Waals surface area contributed by atoms with Crippen LogP contribution in [0, 0.1) is 6.92 Å². The van der Waals surface area contributed by atoms with Gasteiger partial charge in [0.1, 0.15) is 0 Å². The smallest absolute Gasteiger partial charge is 0.261 e. The molecule has 0 aromatic carbocycles. The van der Waals surface area contributed by atoms with Crippen molar-refractivity contribution in [2.75, 3.05) is 17.2 Å². The molecule has 20 heavy (non-hydrogen) atoms. The van der Waals surface area contributed by atoms with E-state index in [-0.39, 0.29) is 11.9 Å². The second-order valence-corrected chi connectivity index (χ2v) is 4.32. The van der Waals surface area contributed by atoms with Crippen LogP contribution in [0.3, 0.4) is 0 Å². The Morgan fingerprint density at radius 1 is 1.25 bits per heavy atom. The van der Waals surface area contributed by atoms with E-state index >= 15 is 0 Å². The fraction of sp³-hybridized carbons (Fsp3) is 0.286. The molecule has 2 aromatic heterocycles. The molecule has 0 bridgehead atoms. The van der Waals surface area contributed by atoms with E-state index in [9.17, 15) is 4.79 Å². The van der Waals surface area contributed by atoms with Crippen molar-refractivity contribution >= 4 is 17.5 Å². The predicted octanol–water partition coefficient (Wildman–Crippen LogP) is 2.25. The lowest BCUT2D eigenvalue weighted by Gasteiger charge is -2.11. The van der Waals surface area contributed by atoms with Crippen molar-refractivity contribution in [3.8, 4) is 0 Å². The van der Waals surface area contributed by atoms with Gasteiger partial charge in [0.25, 0.3) is 5.91 Å². The zero-order valence-electron chi connectivity index (χ0n) is 11.6. The third-order valence-corrected chi connectivity index (χ3v) is 2.64. The highest BCUT2D eigenvalue weighted by atomic mass is 16.1. The largest absolute Gasteiger partial charge is 0.384 e. The van der Waals surface area contributed by atoms with Crippen LogP contribution < -0.4 is 10.6 Å². The summed E-state index contributed by atoms with van der Waals surface area (Å²) < 4.78 is 0. The number of nitrogens with one attached hydrogen (secondary N) is 2. The first-order valence-corrected chi connectivity index (χ1v) is 6.49. The lowest BCUT2D eigenvalue weighted by molar-refractivity contribution is 0.102. The average Bonchev–Trinajstić information content (AvgIpc) is 2.46. The second kappa shape index (κ2) is 6.60. The number of rotatable bonds is 5. The van der Waals surface area contributed by atoms with Crippen molar-refractivity contribution in [2.24, 2.45) is 0 Å². The van der Waals surface area contributed by atoms with Crippen molar-refractivity contribution in [3.05, 3.63) is 42.0 Å². The van der Waals surface area contributed by atoms with Crippen LogP contribution in [-0.4, -0.2) is 27.4 Å². The Hall–Kier alpha value is -2.50. The average molecular weight is 271 g/mol. The highest BCUT2D eigenvalue weighted by Gasteiger charge is 2.13. The molecule has 0 saturated heterocycles. The lowest BCUT2D eigenvalue weighted by atomic mass is 10.2. The summed E-state index contributed by atoms with van der Waals surface area (Å²) >= 11 is 0. The summed E-state index contributed by atoms with van der Waals surface area (Å²) in [5, 5.41) is 5.88. The summed E-state index contributed by atoms with van der Waals surface area (Å²) in [5.41, 5.74) is 2.11. The predicted molar refractivity (Wildman–Crippen MR) is 77.7 cm³/mol. The molecule has 0 fully saturated rings. The highest BCUT2D eigenvalue weighted by molar-refractivity contribution is 6.07. The van der Waals surface area contributed by atoms with Gasteiger partial charge in [0.15, 0.2) is 0 Å². The van der Waals surface area contributed by atoms with E-state index in [2.05, 4.69) is 32.5 Å². The Bertz CT molecular complexity index is 585. The third-order valence-electron chi connectivity index (χ3n) is 2.64. The van der Waals surface area contributed by atoms with Crippen LogP contribution in [0.4, 0.5) is 11.6 Å². The summed E-state index contributed by atoms with van der Waals surface area (Å²) in [6.07, 6.45) is 5.69. The van der Waals surface area contributed by atoms with E-state index in [1.165, 1.54) is 0 Å². The number of carbonyl (C=O) groups is 1. The Morgan fingerprint density at radius 2 is 2.00 bits per heavy atom. The molecule has 2 heterocycles. The monoisotopic (exact) mass is 271 g/mol. The molecular formula is C14H17N5O. The number of aryl methyl sites for hydroxylation is 1. The van der Waals surface area contributed by atoms with Crippen LogP contribution >= 0.6 is 0 Å². The van der Waals surface area contributed by atoms with E-state index in [1.54, 1.807) is 24.7 Å². The van der Waals surface area contributed by atoms with E-state index in [0.717, 1.165) is 24.3 Å². The van der Waals surface area contributed by atoms with Crippen LogP contribution in [-0.2, 0) is 0 Å². The van der Waals surface area contributed by atoms with Gasteiger partial charge in [-0.05, 0) is 25.5 Å². The molecule has 0 saturated carbocycles. The van der Waals surface area contributed by atoms with Crippen LogP contribution in [0.1, 0.15) is 29.4 Å². The van der Waals surface area contributed by atoms with Gasteiger partial charge in [0.2, 0.25) is 5.95 Å². The standard InChI is InChI=1S/C14H17N5O/c1-3-5-15-12-8-10(2)18-9-11(12)13(20)19-14-16-6-4-7-17-14/h4,6-9H,3,5H2,1-2H3,(H,15,18)(H,16,17,19,20). The molecule has 6 heteroatoms. The first-order valence-electron chi connectivity index (χ1n) is 6.49. The van der Waals surface area contributed by atoms with Crippen LogP contribution in [0.2, 0.25) is 0 Å². The van der Waals surface area contributed by atoms with Gasteiger partial charge in [-0.3, -0.25) is 15.1 Å². The minimum atomic E-state index is -0.276. The van der Waals surface area contributed by atoms with Gasteiger partial charge in [-0.2, -0.15) is 0 Å². The second-order valence-electron chi connectivity index (χ2n) is 4.32. The number of pyridine rings is 1. The molecule has 0 aliphatic carbocycles. The van der Waals surface area contributed by atoms with Crippen molar-refractivity contribution in [3.63, 3.8) is 0 Å². The number of aromatic nitrogens is 3. The Morgan fingerprint density at radius 3 is 2.70 bits per heavy atom. The fourth-order valence-electron chi connectivity index (χ4n) is 1.68. The molecule has 2 N–H and O–H groups in total. The summed E-state index contributed by atoms with van der Waals surface area (Å²) in [4.78, 5) is 24.3. The van der Waals surface area contributed by atoms with E-state index in [0.29, 0.717) is 5.56 Å². The van der Waals surface area contributed by atoms with Crippen LogP contribution in [0.15, 0.2) is 30.7 Å². The maximum Gasteiger partial charge on any atom is 0.261 e. The molecule has 0 aliphatic rings. The number of anilines is 2. The summed E-state index contributed by atoms with van der Waals surface area (Å²) in [7, 11) is 0. The molecular weight excluding hydrogens is 254 g/mol. The molecule has 0 spiro atoms. The molecule has 2 rings (SSSR count). The van der Waals surface area contributed by atoms with Gasteiger partial charge in [0.05, 0.1) is 11.3 Å². The molecule has 0 aliphatic heterocycles. The Labute approximate surface area is 117 Å². The minimum absolute atomic E-state index is 0.276. The third kappa shape index (κ3) is 3.50. The summed E-state index contributed by atoms with van der Waals surface area (Å²) in [5.74, 6) is 0.00168. The van der Waals surface area contributed by atoms with Crippen molar-refractivity contribution in [2.45, 2.75) is 20.3 Å². The maximum absolute atomic E-state index is 12.2. The van der Waals surface area contributed by atoms with Crippen LogP contribution in [0.5, 0.6) is 0 Å². The first-order chi connectivity index (χ1) is 9.70. The molecule has 2 aromatic rings. The quantitative estimate of drug-likeness (QED) is 0.872. The molecule has 6 nitrogen and oxygen atoms in total. The van der Waals surface area contributed by atoms with Crippen LogP contribution in [0.25, 0.3) is 0 Å². The topological polar surface area (TPSA) is 79.8 Å². The van der Waals surface area contributed by atoms with Gasteiger partial charge >= 0.3 is 0 Å². The first kappa shape index (κ1) is 13.9.